The maximum atomic E-state index is 13.8. The number of ketones is 2. The van der Waals surface area contributed by atoms with E-state index in [1.165, 1.54) is 11.0 Å². The van der Waals surface area contributed by atoms with Crippen LogP contribution in [0.4, 0.5) is 0 Å². The molecule has 0 unspecified atom stereocenters. The van der Waals surface area contributed by atoms with Crippen molar-refractivity contribution < 1.29 is 34.8 Å². The molecule has 1 fully saturated rings. The normalized spacial score (nSPS) is 28.9. The Bertz CT molecular complexity index is 1360. The van der Waals surface area contributed by atoms with Gasteiger partial charge in [0.25, 0.3) is 5.91 Å². The minimum atomic E-state index is -2.65. The number of Topliss-reactive ketones (excluding diaryl/α,β-unsaturated/α-hetero) is 2. The highest BCUT2D eigenvalue weighted by molar-refractivity contribution is 6.25. The van der Waals surface area contributed by atoms with Gasteiger partial charge in [-0.15, -0.1) is 0 Å². The lowest BCUT2D eigenvalue weighted by molar-refractivity contribution is -0.152. The minimum absolute atomic E-state index is 0.0144. The molecule has 0 aromatic heterocycles. The molecule has 2 aromatic carbocycles. The number of carbonyl (C=O) groups is 3. The van der Waals surface area contributed by atoms with Crippen LogP contribution in [0.3, 0.4) is 0 Å². The number of rotatable bonds is 2. The zero-order valence-electron chi connectivity index (χ0n) is 17.9. The molecule has 5 rings (SSSR count). The van der Waals surface area contributed by atoms with Crippen LogP contribution in [0.5, 0.6) is 5.75 Å². The van der Waals surface area contributed by atoms with E-state index in [0.717, 1.165) is 5.39 Å². The molecule has 0 radical (unpaired) electrons. The standard InChI is InChI=1S/C24H22N2O7/c1-26(2)18-12-8-11-10-5-3-4-9-6-7-13(27)16(14(9)10)19(28)15(11)21(30)24(12,33)22(31)17(20(18)29)23(25)32/h3-7,11-12,18,27-28,31,33H,8H2,1-2H3,(H2,25,32)/t11-,12+,18+,24+/m1/s1. The molecule has 33 heavy (non-hydrogen) atoms. The van der Waals surface area contributed by atoms with Crippen LogP contribution in [-0.2, 0) is 14.4 Å². The predicted molar refractivity (Wildman–Crippen MR) is 117 cm³/mol. The van der Waals surface area contributed by atoms with Gasteiger partial charge < -0.3 is 26.2 Å². The second kappa shape index (κ2) is 6.66. The lowest BCUT2D eigenvalue weighted by Gasteiger charge is -2.50. The second-order valence-electron chi connectivity index (χ2n) is 9.02. The Morgan fingerprint density at radius 3 is 2.45 bits per heavy atom. The van der Waals surface area contributed by atoms with E-state index in [9.17, 15) is 34.8 Å². The summed E-state index contributed by atoms with van der Waals surface area (Å²) in [6.07, 6.45) is 0.0144. The molecular formula is C24H22N2O7. The van der Waals surface area contributed by atoms with Crippen LogP contribution in [0.1, 0.15) is 23.5 Å². The summed E-state index contributed by atoms with van der Waals surface area (Å²) in [5, 5.41) is 45.4. The van der Waals surface area contributed by atoms with Gasteiger partial charge in [-0.2, -0.15) is 0 Å². The summed E-state index contributed by atoms with van der Waals surface area (Å²) in [5.41, 5.74) is 2.34. The van der Waals surface area contributed by atoms with Crippen LogP contribution in [0, 0.1) is 5.92 Å². The average Bonchev–Trinajstić information content (AvgIpc) is 2.74. The summed E-state index contributed by atoms with van der Waals surface area (Å²) in [6.45, 7) is 0. The van der Waals surface area contributed by atoms with Crippen molar-refractivity contribution in [1.82, 2.24) is 4.90 Å². The number of carbonyl (C=O) groups excluding carboxylic acids is 3. The summed E-state index contributed by atoms with van der Waals surface area (Å²) in [5.74, 6) is -6.77. The van der Waals surface area contributed by atoms with E-state index in [-0.39, 0.29) is 23.3 Å². The summed E-state index contributed by atoms with van der Waals surface area (Å²) in [4.78, 5) is 40.4. The zero-order valence-corrected chi connectivity index (χ0v) is 17.9. The highest BCUT2D eigenvalue weighted by Gasteiger charge is 2.64. The number of nitrogens with two attached hydrogens (primary N) is 1. The van der Waals surface area contributed by atoms with Gasteiger partial charge in [0.2, 0.25) is 5.78 Å². The number of hydrogen-bond acceptors (Lipinski definition) is 8. The molecule has 2 aromatic rings. The van der Waals surface area contributed by atoms with Crippen LogP contribution in [-0.4, -0.2) is 68.5 Å². The number of phenols is 1. The first-order valence-electron chi connectivity index (χ1n) is 10.4. The van der Waals surface area contributed by atoms with Crippen LogP contribution in [0.2, 0.25) is 0 Å². The van der Waals surface area contributed by atoms with Crippen LogP contribution < -0.4 is 5.73 Å². The molecule has 0 bridgehead atoms. The molecule has 6 N–H and O–H groups in total. The van der Waals surface area contributed by atoms with E-state index in [0.29, 0.717) is 10.9 Å². The first-order valence-corrected chi connectivity index (χ1v) is 10.4. The average molecular weight is 450 g/mol. The molecule has 9 nitrogen and oxygen atoms in total. The van der Waals surface area contributed by atoms with Gasteiger partial charge in [-0.25, -0.2) is 0 Å². The van der Waals surface area contributed by atoms with E-state index < -0.39 is 58.0 Å². The molecule has 0 spiro atoms. The smallest absolute Gasteiger partial charge is 0.255 e. The van der Waals surface area contributed by atoms with Crippen LogP contribution in [0.15, 0.2) is 47.2 Å². The Morgan fingerprint density at radius 2 is 1.82 bits per heavy atom. The molecule has 0 aliphatic heterocycles. The number of likely N-dealkylation sites (N-methyl/N-ethyl adjacent to an activating group) is 1. The highest BCUT2D eigenvalue weighted by Crippen LogP contribution is 2.56. The Morgan fingerprint density at radius 1 is 1.12 bits per heavy atom. The van der Waals surface area contributed by atoms with E-state index in [2.05, 4.69) is 0 Å². The largest absolute Gasteiger partial charge is 0.508 e. The van der Waals surface area contributed by atoms with Crippen molar-refractivity contribution in [2.45, 2.75) is 24.0 Å². The molecule has 1 saturated carbocycles. The Kier molecular flexibility index (Phi) is 4.27. The first kappa shape index (κ1) is 21.2. The van der Waals surface area contributed by atoms with Gasteiger partial charge in [0.1, 0.15) is 22.8 Å². The van der Waals surface area contributed by atoms with Gasteiger partial charge in [0.05, 0.1) is 11.6 Å². The molecule has 170 valence electrons. The molecular weight excluding hydrogens is 428 g/mol. The number of benzene rings is 2. The quantitative estimate of drug-likeness (QED) is 0.424. The lowest BCUT2D eigenvalue weighted by Crippen LogP contribution is -2.65. The Labute approximate surface area is 188 Å². The zero-order chi connectivity index (χ0) is 24.0. The van der Waals surface area contributed by atoms with Gasteiger partial charge in [0, 0.05) is 22.8 Å². The number of phenolic OH excluding ortho intramolecular Hbond substituents is 1. The predicted octanol–water partition coefficient (Wildman–Crippen LogP) is 1.04. The third-order valence-corrected chi connectivity index (χ3v) is 7.19. The van der Waals surface area contributed by atoms with Crippen molar-refractivity contribution in [1.29, 1.82) is 0 Å². The molecule has 1 amide bonds. The van der Waals surface area contributed by atoms with E-state index in [4.69, 9.17) is 5.73 Å². The van der Waals surface area contributed by atoms with Gasteiger partial charge in [-0.3, -0.25) is 19.3 Å². The number of amides is 1. The lowest BCUT2D eigenvalue weighted by atomic mass is 9.57. The second-order valence-corrected chi connectivity index (χ2v) is 9.02. The van der Waals surface area contributed by atoms with Crippen LogP contribution >= 0.6 is 0 Å². The number of aliphatic hydroxyl groups is 3. The monoisotopic (exact) mass is 450 g/mol. The van der Waals surface area contributed by atoms with Crippen molar-refractivity contribution in [2.75, 3.05) is 14.1 Å². The number of hydrogen-bond donors (Lipinski definition) is 5. The van der Waals surface area contributed by atoms with E-state index in [1.807, 2.05) is 6.07 Å². The van der Waals surface area contributed by atoms with Gasteiger partial charge in [-0.05, 0) is 37.5 Å². The van der Waals surface area contributed by atoms with Gasteiger partial charge in [0.15, 0.2) is 11.4 Å². The fourth-order valence-electron chi connectivity index (χ4n) is 5.80. The van der Waals surface area contributed by atoms with Gasteiger partial charge in [-0.1, -0.05) is 24.3 Å². The molecule has 3 aliphatic rings. The number of aliphatic hydroxyl groups excluding tert-OH is 2. The molecule has 0 heterocycles. The van der Waals surface area contributed by atoms with E-state index in [1.54, 1.807) is 32.3 Å². The third kappa shape index (κ3) is 2.46. The number of fused-ring (bicyclic) bond motifs is 3. The maximum Gasteiger partial charge on any atom is 0.255 e. The molecule has 9 heteroatoms. The topological polar surface area (TPSA) is 161 Å². The fraction of sp³-hybridized carbons (Fsp3) is 0.292. The number of aromatic hydroxyl groups is 1. The van der Waals surface area contributed by atoms with Crippen molar-refractivity contribution in [2.24, 2.45) is 11.7 Å². The maximum absolute atomic E-state index is 13.8. The van der Waals surface area contributed by atoms with Crippen molar-refractivity contribution in [3.05, 3.63) is 58.4 Å². The summed E-state index contributed by atoms with van der Waals surface area (Å²) < 4.78 is 0. The minimum Gasteiger partial charge on any atom is -0.508 e. The highest BCUT2D eigenvalue weighted by atomic mass is 16.3. The van der Waals surface area contributed by atoms with Gasteiger partial charge >= 0.3 is 0 Å². The molecule has 3 aliphatic carbocycles. The van der Waals surface area contributed by atoms with Crippen molar-refractivity contribution >= 4 is 34.0 Å². The number of primary amides is 1. The van der Waals surface area contributed by atoms with Crippen molar-refractivity contribution in [3.8, 4) is 5.75 Å². The van der Waals surface area contributed by atoms with Crippen molar-refractivity contribution in [3.63, 3.8) is 0 Å². The fourth-order valence-corrected chi connectivity index (χ4v) is 5.80. The number of nitrogens with zero attached hydrogens (tertiary/aromatic N) is 1. The molecule has 0 saturated heterocycles. The Balaban J connectivity index is 1.84. The Hall–Kier alpha value is -3.69. The summed E-state index contributed by atoms with van der Waals surface area (Å²) in [6, 6.07) is 7.32. The van der Waals surface area contributed by atoms with Crippen LogP contribution in [0.25, 0.3) is 16.5 Å². The van der Waals surface area contributed by atoms with E-state index >= 15 is 0 Å². The first-order chi connectivity index (χ1) is 15.5. The third-order valence-electron chi connectivity index (χ3n) is 7.19. The molecule has 4 atom stereocenters. The summed E-state index contributed by atoms with van der Waals surface area (Å²) in [7, 11) is 3.12. The SMILES string of the molecule is CN(C)[C@@H]1C(=O)C(C(N)=O)=C(O)[C@@]2(O)C(=O)C3=C(O)c4c(O)ccc5cccc(c45)[C@H]3C[C@@H]12. The summed E-state index contributed by atoms with van der Waals surface area (Å²) >= 11 is 0.